The van der Waals surface area contributed by atoms with Crippen molar-refractivity contribution in [2.24, 2.45) is 51.2 Å². The summed E-state index contributed by atoms with van der Waals surface area (Å²) in [6.45, 7) is 10.5. The first-order chi connectivity index (χ1) is 13.2. The van der Waals surface area contributed by atoms with E-state index in [1.165, 1.54) is 51.4 Å². The highest BCUT2D eigenvalue weighted by molar-refractivity contribution is 5.76. The van der Waals surface area contributed by atoms with Gasteiger partial charge in [0.1, 0.15) is 0 Å². The fourth-order valence-electron chi connectivity index (χ4n) is 10.6. The van der Waals surface area contributed by atoms with Crippen LogP contribution in [0.15, 0.2) is 0 Å². The zero-order valence-electron chi connectivity index (χ0n) is 18.7. The SMILES string of the molecule is CC1CCCC2(C)C1CCC1(C)C2CCC2C3CCCC3(C(=O)O)CC[C@]21C. The summed E-state index contributed by atoms with van der Waals surface area (Å²) in [5, 5.41) is 10.2. The van der Waals surface area contributed by atoms with Crippen molar-refractivity contribution in [1.29, 1.82) is 0 Å². The van der Waals surface area contributed by atoms with Gasteiger partial charge < -0.3 is 5.11 Å². The highest BCUT2D eigenvalue weighted by Crippen LogP contribution is 2.75. The van der Waals surface area contributed by atoms with Crippen molar-refractivity contribution >= 4 is 5.97 Å². The third-order valence-corrected chi connectivity index (χ3v) is 12.2. The number of aliphatic carboxylic acids is 1. The predicted molar refractivity (Wildman–Crippen MR) is 113 cm³/mol. The summed E-state index contributed by atoms with van der Waals surface area (Å²) in [7, 11) is 0. The van der Waals surface area contributed by atoms with E-state index in [0.717, 1.165) is 43.4 Å². The van der Waals surface area contributed by atoms with Crippen LogP contribution in [0.3, 0.4) is 0 Å². The molecule has 5 rings (SSSR count). The first-order valence-corrected chi connectivity index (χ1v) is 12.4. The van der Waals surface area contributed by atoms with E-state index in [1.54, 1.807) is 0 Å². The molecule has 2 nitrogen and oxygen atoms in total. The molecule has 0 aromatic heterocycles. The number of carbonyl (C=O) groups is 1. The van der Waals surface area contributed by atoms with Gasteiger partial charge in [0.25, 0.3) is 0 Å². The van der Waals surface area contributed by atoms with Gasteiger partial charge in [0.05, 0.1) is 5.41 Å². The van der Waals surface area contributed by atoms with E-state index < -0.39 is 5.97 Å². The molecule has 9 atom stereocenters. The quantitative estimate of drug-likeness (QED) is 0.530. The first kappa shape index (κ1) is 19.4. The summed E-state index contributed by atoms with van der Waals surface area (Å²) >= 11 is 0. The summed E-state index contributed by atoms with van der Waals surface area (Å²) in [5.74, 6) is 3.28. The van der Waals surface area contributed by atoms with E-state index in [0.29, 0.717) is 28.1 Å². The molecule has 5 fully saturated rings. The maximum atomic E-state index is 12.4. The van der Waals surface area contributed by atoms with Gasteiger partial charge in [-0.25, -0.2) is 0 Å². The Hall–Kier alpha value is -0.530. The van der Waals surface area contributed by atoms with Crippen molar-refractivity contribution in [1.82, 2.24) is 0 Å². The van der Waals surface area contributed by atoms with Gasteiger partial charge in [-0.2, -0.15) is 0 Å². The van der Waals surface area contributed by atoms with Crippen molar-refractivity contribution in [3.8, 4) is 0 Å². The van der Waals surface area contributed by atoms with Crippen molar-refractivity contribution < 1.29 is 9.90 Å². The summed E-state index contributed by atoms with van der Waals surface area (Å²) in [4.78, 5) is 12.4. The van der Waals surface area contributed by atoms with Crippen molar-refractivity contribution in [2.75, 3.05) is 0 Å². The summed E-state index contributed by atoms with van der Waals surface area (Å²) in [6, 6.07) is 0. The smallest absolute Gasteiger partial charge is 0.309 e. The molecule has 158 valence electrons. The molecule has 5 saturated carbocycles. The van der Waals surface area contributed by atoms with Crippen LogP contribution in [0.4, 0.5) is 0 Å². The van der Waals surface area contributed by atoms with E-state index in [4.69, 9.17) is 0 Å². The lowest BCUT2D eigenvalue weighted by molar-refractivity contribution is -0.227. The van der Waals surface area contributed by atoms with E-state index in [2.05, 4.69) is 27.7 Å². The number of carboxylic acids is 1. The summed E-state index contributed by atoms with van der Waals surface area (Å²) in [6.07, 6.45) is 15.1. The Morgan fingerprint density at radius 1 is 0.750 bits per heavy atom. The van der Waals surface area contributed by atoms with Crippen LogP contribution in [0.1, 0.15) is 105 Å². The molecule has 0 aromatic carbocycles. The van der Waals surface area contributed by atoms with Crippen LogP contribution < -0.4 is 0 Å². The third-order valence-electron chi connectivity index (χ3n) is 12.2. The second kappa shape index (κ2) is 6.01. The average Bonchev–Trinajstić information content (AvgIpc) is 3.07. The minimum absolute atomic E-state index is 0.346. The zero-order chi connectivity index (χ0) is 19.9. The van der Waals surface area contributed by atoms with Crippen molar-refractivity contribution in [2.45, 2.75) is 105 Å². The largest absolute Gasteiger partial charge is 0.481 e. The molecule has 28 heavy (non-hydrogen) atoms. The Bertz CT molecular complexity index is 671. The molecule has 1 N–H and O–H groups in total. The van der Waals surface area contributed by atoms with Gasteiger partial charge >= 0.3 is 5.97 Å². The lowest BCUT2D eigenvalue weighted by atomic mass is 9.33. The van der Waals surface area contributed by atoms with Crippen LogP contribution in [0, 0.1) is 51.2 Å². The van der Waals surface area contributed by atoms with Gasteiger partial charge in [0, 0.05) is 0 Å². The fraction of sp³-hybridized carbons (Fsp3) is 0.962. The number of carboxylic acid groups (broad SMARTS) is 1. The molecule has 0 spiro atoms. The molecule has 8 unspecified atom stereocenters. The van der Waals surface area contributed by atoms with E-state index >= 15 is 0 Å². The molecule has 0 radical (unpaired) electrons. The Kier molecular flexibility index (Phi) is 4.17. The molecule has 0 aromatic rings. The van der Waals surface area contributed by atoms with E-state index in [1.807, 2.05) is 0 Å². The molecule has 0 bridgehead atoms. The Morgan fingerprint density at radius 2 is 1.50 bits per heavy atom. The highest BCUT2D eigenvalue weighted by atomic mass is 16.4. The van der Waals surface area contributed by atoms with Gasteiger partial charge in [0.15, 0.2) is 0 Å². The molecule has 0 aliphatic heterocycles. The van der Waals surface area contributed by atoms with Crippen LogP contribution in [0.5, 0.6) is 0 Å². The molecule has 5 aliphatic carbocycles. The standard InChI is InChI=1S/C26H42O2/c1-17-7-5-12-23(2)18(17)11-14-25(4)21(23)10-9-19-20-8-6-13-26(20,22(27)28)16-15-24(19,25)3/h17-21H,5-16H2,1-4H3,(H,27,28)/t17?,18?,19?,20?,21?,23?,24-,25?,26?/m1/s1. The van der Waals surface area contributed by atoms with Crippen molar-refractivity contribution in [3.63, 3.8) is 0 Å². The lowest BCUT2D eigenvalue weighted by Crippen LogP contribution is -2.64. The van der Waals surface area contributed by atoms with E-state index in [-0.39, 0.29) is 5.41 Å². The highest BCUT2D eigenvalue weighted by Gasteiger charge is 2.69. The minimum atomic E-state index is -0.471. The zero-order valence-corrected chi connectivity index (χ0v) is 18.7. The van der Waals surface area contributed by atoms with Crippen LogP contribution in [0.25, 0.3) is 0 Å². The topological polar surface area (TPSA) is 37.3 Å². The Labute approximate surface area is 172 Å². The van der Waals surface area contributed by atoms with E-state index in [9.17, 15) is 9.90 Å². The molecule has 0 saturated heterocycles. The predicted octanol–water partition coefficient (Wildman–Crippen LogP) is 6.93. The van der Waals surface area contributed by atoms with Gasteiger partial charge in [-0.15, -0.1) is 0 Å². The monoisotopic (exact) mass is 386 g/mol. The normalized spacial score (nSPS) is 58.2. The molecule has 5 aliphatic rings. The van der Waals surface area contributed by atoms with Gasteiger partial charge in [-0.1, -0.05) is 47.0 Å². The third kappa shape index (κ3) is 2.14. The van der Waals surface area contributed by atoms with Crippen molar-refractivity contribution in [3.05, 3.63) is 0 Å². The number of hydrogen-bond donors (Lipinski definition) is 1. The van der Waals surface area contributed by atoms with Gasteiger partial charge in [-0.05, 0) is 104 Å². The maximum Gasteiger partial charge on any atom is 0.309 e. The fourth-order valence-corrected chi connectivity index (χ4v) is 10.6. The van der Waals surface area contributed by atoms with Crippen LogP contribution in [-0.4, -0.2) is 11.1 Å². The molecule has 2 heteroatoms. The van der Waals surface area contributed by atoms with Gasteiger partial charge in [0.2, 0.25) is 0 Å². The number of rotatable bonds is 1. The van der Waals surface area contributed by atoms with Crippen LogP contribution in [0.2, 0.25) is 0 Å². The van der Waals surface area contributed by atoms with Crippen LogP contribution in [-0.2, 0) is 4.79 Å². The molecule has 0 amide bonds. The maximum absolute atomic E-state index is 12.4. The Balaban J connectivity index is 1.53. The molecular formula is C26H42O2. The molecule has 0 heterocycles. The number of fused-ring (bicyclic) bond motifs is 7. The average molecular weight is 387 g/mol. The minimum Gasteiger partial charge on any atom is -0.481 e. The summed E-state index contributed by atoms with van der Waals surface area (Å²) in [5.41, 5.74) is 0.896. The first-order valence-electron chi connectivity index (χ1n) is 12.4. The van der Waals surface area contributed by atoms with Gasteiger partial charge in [-0.3, -0.25) is 4.79 Å². The summed E-state index contributed by atoms with van der Waals surface area (Å²) < 4.78 is 0. The Morgan fingerprint density at radius 3 is 2.25 bits per heavy atom. The number of hydrogen-bond acceptors (Lipinski definition) is 1. The van der Waals surface area contributed by atoms with Crippen LogP contribution >= 0.6 is 0 Å². The second-order valence-corrected chi connectivity index (χ2v) is 12.6. The molecular weight excluding hydrogens is 344 g/mol. The lowest BCUT2D eigenvalue weighted by Gasteiger charge is -2.71. The second-order valence-electron chi connectivity index (χ2n) is 12.6.